The van der Waals surface area contributed by atoms with Crippen LogP contribution in [0.4, 0.5) is 0 Å². The molecule has 0 amide bonds. The van der Waals surface area contributed by atoms with E-state index in [-0.39, 0.29) is 18.5 Å². The summed E-state index contributed by atoms with van der Waals surface area (Å²) >= 11 is 0. The maximum Gasteiger partial charge on any atom is 0.309 e. The fourth-order valence-corrected chi connectivity index (χ4v) is 0.950. The van der Waals surface area contributed by atoms with Crippen LogP contribution in [0, 0.1) is 18.3 Å². The number of carbonyl (C=O) groups is 1. The molecule has 1 unspecified atom stereocenters. The molecule has 3 nitrogen and oxygen atoms in total. The molecule has 0 radical (unpaired) electrons. The van der Waals surface area contributed by atoms with Gasteiger partial charge >= 0.3 is 5.97 Å². The summed E-state index contributed by atoms with van der Waals surface area (Å²) < 4.78 is 4.55. The molecule has 12 heavy (non-hydrogen) atoms. The van der Waals surface area contributed by atoms with Gasteiger partial charge in [-0.15, -0.1) is 12.3 Å². The van der Waals surface area contributed by atoms with Crippen molar-refractivity contribution in [1.29, 1.82) is 0 Å². The van der Waals surface area contributed by atoms with Gasteiger partial charge in [0.1, 0.15) is 0 Å². The van der Waals surface area contributed by atoms with Crippen LogP contribution in [0.25, 0.3) is 0 Å². The van der Waals surface area contributed by atoms with Crippen LogP contribution in [-0.4, -0.2) is 24.8 Å². The van der Waals surface area contributed by atoms with Crippen molar-refractivity contribution in [2.45, 2.75) is 19.3 Å². The molecule has 0 fully saturated rings. The van der Waals surface area contributed by atoms with Gasteiger partial charge in [0.2, 0.25) is 0 Å². The monoisotopic (exact) mass is 170 g/mol. The SMILES string of the molecule is C#CCC(CCCO)C(=O)OC. The molecule has 1 N–H and O–H groups in total. The number of terminal acetylenes is 1. The second-order valence-corrected chi connectivity index (χ2v) is 2.49. The summed E-state index contributed by atoms with van der Waals surface area (Å²) in [6.07, 6.45) is 6.63. The molecule has 0 saturated carbocycles. The molecule has 1 atom stereocenters. The molecular formula is C9H14O3. The van der Waals surface area contributed by atoms with Crippen molar-refractivity contribution < 1.29 is 14.6 Å². The van der Waals surface area contributed by atoms with E-state index in [2.05, 4.69) is 10.7 Å². The molecule has 0 aliphatic rings. The summed E-state index contributed by atoms with van der Waals surface area (Å²) in [6, 6.07) is 0. The molecule has 0 saturated heterocycles. The number of carbonyl (C=O) groups excluding carboxylic acids is 1. The zero-order chi connectivity index (χ0) is 9.40. The van der Waals surface area contributed by atoms with Gasteiger partial charge in [0.25, 0.3) is 0 Å². The van der Waals surface area contributed by atoms with E-state index in [1.54, 1.807) is 0 Å². The smallest absolute Gasteiger partial charge is 0.309 e. The number of ether oxygens (including phenoxy) is 1. The van der Waals surface area contributed by atoms with Gasteiger partial charge in [0.05, 0.1) is 13.0 Å². The second kappa shape index (κ2) is 6.68. The number of hydrogen-bond donors (Lipinski definition) is 1. The quantitative estimate of drug-likeness (QED) is 0.484. The fourth-order valence-electron chi connectivity index (χ4n) is 0.950. The first kappa shape index (κ1) is 11.0. The van der Waals surface area contributed by atoms with Gasteiger partial charge in [-0.3, -0.25) is 4.79 Å². The van der Waals surface area contributed by atoms with E-state index in [0.717, 1.165) is 0 Å². The fraction of sp³-hybridized carbons (Fsp3) is 0.667. The molecule has 0 bridgehead atoms. The first-order valence-corrected chi connectivity index (χ1v) is 3.88. The largest absolute Gasteiger partial charge is 0.469 e. The van der Waals surface area contributed by atoms with Gasteiger partial charge in [-0.25, -0.2) is 0 Å². The first-order valence-electron chi connectivity index (χ1n) is 3.88. The van der Waals surface area contributed by atoms with Gasteiger partial charge in [0.15, 0.2) is 0 Å². The molecule has 0 aromatic rings. The Morgan fingerprint density at radius 3 is 2.83 bits per heavy atom. The highest BCUT2D eigenvalue weighted by Crippen LogP contribution is 2.11. The lowest BCUT2D eigenvalue weighted by Crippen LogP contribution is -2.16. The van der Waals surface area contributed by atoms with Crippen molar-refractivity contribution in [3.05, 3.63) is 0 Å². The Hall–Kier alpha value is -1.01. The van der Waals surface area contributed by atoms with Crippen LogP contribution in [0.2, 0.25) is 0 Å². The Morgan fingerprint density at radius 2 is 2.42 bits per heavy atom. The summed E-state index contributed by atoms with van der Waals surface area (Å²) in [5.41, 5.74) is 0. The van der Waals surface area contributed by atoms with Gasteiger partial charge in [-0.2, -0.15) is 0 Å². The highest BCUT2D eigenvalue weighted by Gasteiger charge is 2.16. The number of methoxy groups -OCH3 is 1. The number of hydrogen-bond acceptors (Lipinski definition) is 3. The van der Waals surface area contributed by atoms with Crippen molar-refractivity contribution in [3.8, 4) is 12.3 Å². The zero-order valence-electron chi connectivity index (χ0n) is 7.25. The van der Waals surface area contributed by atoms with Crippen LogP contribution >= 0.6 is 0 Å². The predicted molar refractivity (Wildman–Crippen MR) is 45.3 cm³/mol. The lowest BCUT2D eigenvalue weighted by atomic mass is 10.0. The van der Waals surface area contributed by atoms with Gasteiger partial charge in [-0.05, 0) is 12.8 Å². The molecule has 0 aromatic carbocycles. The van der Waals surface area contributed by atoms with E-state index in [4.69, 9.17) is 11.5 Å². The molecule has 0 aliphatic carbocycles. The number of aliphatic hydroxyl groups is 1. The summed E-state index contributed by atoms with van der Waals surface area (Å²) in [5, 5.41) is 8.53. The average molecular weight is 170 g/mol. The van der Waals surface area contributed by atoms with Crippen LogP contribution in [0.3, 0.4) is 0 Å². The minimum absolute atomic E-state index is 0.0814. The van der Waals surface area contributed by atoms with E-state index in [9.17, 15) is 4.79 Å². The van der Waals surface area contributed by atoms with Crippen LogP contribution < -0.4 is 0 Å². The van der Waals surface area contributed by atoms with Crippen molar-refractivity contribution >= 4 is 5.97 Å². The lowest BCUT2D eigenvalue weighted by Gasteiger charge is -2.09. The van der Waals surface area contributed by atoms with Crippen LogP contribution in [0.1, 0.15) is 19.3 Å². The Kier molecular flexibility index (Phi) is 6.12. The molecule has 3 heteroatoms. The van der Waals surface area contributed by atoms with Crippen LogP contribution in [0.15, 0.2) is 0 Å². The normalized spacial score (nSPS) is 11.8. The molecule has 68 valence electrons. The van der Waals surface area contributed by atoms with Gasteiger partial charge in [0, 0.05) is 13.0 Å². The third kappa shape index (κ3) is 3.99. The third-order valence-electron chi connectivity index (χ3n) is 1.61. The van der Waals surface area contributed by atoms with Crippen molar-refractivity contribution in [2.24, 2.45) is 5.92 Å². The van der Waals surface area contributed by atoms with Crippen LogP contribution in [-0.2, 0) is 9.53 Å². The van der Waals surface area contributed by atoms with E-state index < -0.39 is 0 Å². The summed E-state index contributed by atoms with van der Waals surface area (Å²) in [4.78, 5) is 11.0. The zero-order valence-corrected chi connectivity index (χ0v) is 7.25. The lowest BCUT2D eigenvalue weighted by molar-refractivity contribution is -0.145. The average Bonchev–Trinajstić information content (AvgIpc) is 2.11. The summed E-state index contributed by atoms with van der Waals surface area (Å²) in [6.45, 7) is 0.0814. The van der Waals surface area contributed by atoms with E-state index >= 15 is 0 Å². The molecule has 0 spiro atoms. The Morgan fingerprint density at radius 1 is 1.75 bits per heavy atom. The highest BCUT2D eigenvalue weighted by atomic mass is 16.5. The maximum atomic E-state index is 11.0. The Bertz CT molecular complexity index is 169. The summed E-state index contributed by atoms with van der Waals surface area (Å²) in [7, 11) is 1.34. The molecule has 0 rings (SSSR count). The molecule has 0 aliphatic heterocycles. The van der Waals surface area contributed by atoms with Crippen molar-refractivity contribution in [3.63, 3.8) is 0 Å². The second-order valence-electron chi connectivity index (χ2n) is 2.49. The first-order chi connectivity index (χ1) is 5.76. The number of esters is 1. The standard InChI is InChI=1S/C9H14O3/c1-3-5-8(6-4-7-10)9(11)12-2/h1,8,10H,4-7H2,2H3. The highest BCUT2D eigenvalue weighted by molar-refractivity contribution is 5.72. The van der Waals surface area contributed by atoms with Gasteiger partial charge < -0.3 is 9.84 Å². The summed E-state index contributed by atoms with van der Waals surface area (Å²) in [5.74, 6) is 1.86. The minimum atomic E-state index is -0.290. The topological polar surface area (TPSA) is 46.5 Å². The molecule has 0 aromatic heterocycles. The van der Waals surface area contributed by atoms with Gasteiger partial charge in [-0.1, -0.05) is 0 Å². The molecule has 0 heterocycles. The van der Waals surface area contributed by atoms with Crippen molar-refractivity contribution in [1.82, 2.24) is 0 Å². The Balaban J connectivity index is 3.87. The Labute approximate surface area is 72.7 Å². The third-order valence-corrected chi connectivity index (χ3v) is 1.61. The predicted octanol–water partition coefficient (Wildman–Crippen LogP) is 0.571. The van der Waals surface area contributed by atoms with Crippen molar-refractivity contribution in [2.75, 3.05) is 13.7 Å². The number of aliphatic hydroxyl groups excluding tert-OH is 1. The number of rotatable bonds is 5. The van der Waals surface area contributed by atoms with E-state index in [1.807, 2.05) is 0 Å². The van der Waals surface area contributed by atoms with Crippen LogP contribution in [0.5, 0.6) is 0 Å². The molecular weight excluding hydrogens is 156 g/mol. The van der Waals surface area contributed by atoms with E-state index in [1.165, 1.54) is 7.11 Å². The van der Waals surface area contributed by atoms with E-state index in [0.29, 0.717) is 19.3 Å². The minimum Gasteiger partial charge on any atom is -0.469 e. The maximum absolute atomic E-state index is 11.0.